The van der Waals surface area contributed by atoms with E-state index in [4.69, 9.17) is 9.47 Å². The Balaban J connectivity index is 1.21. The normalized spacial score (nSPS) is 12.0. The zero-order chi connectivity index (χ0) is 24.0. The summed E-state index contributed by atoms with van der Waals surface area (Å²) < 4.78 is 12.4. The molecular formula is C27H22N4O4. The van der Waals surface area contributed by atoms with Crippen molar-refractivity contribution in [3.8, 4) is 17.2 Å². The number of hydrogen-bond acceptors (Lipinski definition) is 5. The topological polar surface area (TPSA) is 94.5 Å². The van der Waals surface area contributed by atoms with Crippen LogP contribution in [0.3, 0.4) is 0 Å². The number of amides is 2. The van der Waals surface area contributed by atoms with Gasteiger partial charge in [-0.3, -0.25) is 9.59 Å². The summed E-state index contributed by atoms with van der Waals surface area (Å²) in [4.78, 5) is 25.4. The van der Waals surface area contributed by atoms with Crippen LogP contribution in [0, 0.1) is 0 Å². The molecule has 3 aromatic carbocycles. The molecule has 8 nitrogen and oxygen atoms in total. The Bertz CT molecular complexity index is 1400. The number of hydrogen-bond donors (Lipinski definition) is 2. The number of fused-ring (bicyclic) bond motifs is 1. The third-order valence-electron chi connectivity index (χ3n) is 5.37. The van der Waals surface area contributed by atoms with E-state index in [9.17, 15) is 9.59 Å². The molecule has 1 aliphatic rings. The zero-order valence-electron chi connectivity index (χ0n) is 18.7. The van der Waals surface area contributed by atoms with Crippen LogP contribution in [-0.4, -0.2) is 28.4 Å². The summed E-state index contributed by atoms with van der Waals surface area (Å²) in [5.74, 6) is 0.694. The summed E-state index contributed by atoms with van der Waals surface area (Å²) in [7, 11) is 0. The highest BCUT2D eigenvalue weighted by molar-refractivity contribution is 6.07. The molecule has 8 heteroatoms. The summed E-state index contributed by atoms with van der Waals surface area (Å²) >= 11 is 0. The molecule has 5 rings (SSSR count). The van der Waals surface area contributed by atoms with E-state index in [1.165, 1.54) is 6.08 Å². The summed E-state index contributed by atoms with van der Waals surface area (Å²) in [6.07, 6.45) is 6.59. The van der Waals surface area contributed by atoms with Crippen molar-refractivity contribution in [1.82, 2.24) is 15.1 Å². The average molecular weight is 466 g/mol. The number of carbonyl (C=O) groups is 2. The van der Waals surface area contributed by atoms with E-state index >= 15 is 0 Å². The van der Waals surface area contributed by atoms with Crippen molar-refractivity contribution in [3.63, 3.8) is 0 Å². The largest absolute Gasteiger partial charge is 0.454 e. The predicted octanol–water partition coefficient (Wildman–Crippen LogP) is 4.18. The van der Waals surface area contributed by atoms with Gasteiger partial charge in [-0.05, 0) is 48.0 Å². The second-order valence-corrected chi connectivity index (χ2v) is 7.79. The molecule has 0 radical (unpaired) electrons. The maximum Gasteiger partial charge on any atom is 0.253 e. The molecular weight excluding hydrogens is 444 g/mol. The minimum atomic E-state index is -0.353. The molecule has 1 aliphatic heterocycles. The highest BCUT2D eigenvalue weighted by atomic mass is 16.7. The lowest BCUT2D eigenvalue weighted by atomic mass is 10.1. The molecule has 0 bridgehead atoms. The second-order valence-electron chi connectivity index (χ2n) is 7.79. The smallest absolute Gasteiger partial charge is 0.253 e. The molecule has 0 saturated heterocycles. The van der Waals surface area contributed by atoms with Gasteiger partial charge in [0.05, 0.1) is 23.1 Å². The van der Waals surface area contributed by atoms with Crippen LogP contribution in [0.2, 0.25) is 0 Å². The predicted molar refractivity (Wildman–Crippen MR) is 131 cm³/mol. The van der Waals surface area contributed by atoms with Gasteiger partial charge in [0.25, 0.3) is 5.91 Å². The number of rotatable bonds is 7. The molecule has 0 fully saturated rings. The summed E-state index contributed by atoms with van der Waals surface area (Å²) in [6, 6.07) is 22.1. The summed E-state index contributed by atoms with van der Waals surface area (Å²) in [5, 5.41) is 9.98. The van der Waals surface area contributed by atoms with Crippen LogP contribution < -0.4 is 20.1 Å². The lowest BCUT2D eigenvalue weighted by molar-refractivity contribution is -0.111. The first-order chi connectivity index (χ1) is 17.2. The van der Waals surface area contributed by atoms with Gasteiger partial charge >= 0.3 is 0 Å². The summed E-state index contributed by atoms with van der Waals surface area (Å²) in [5.41, 5.74) is 3.37. The van der Waals surface area contributed by atoms with Gasteiger partial charge in [-0.25, -0.2) is 4.68 Å². The van der Waals surface area contributed by atoms with Crippen molar-refractivity contribution in [3.05, 3.63) is 108 Å². The molecule has 2 N–H and O–H groups in total. The summed E-state index contributed by atoms with van der Waals surface area (Å²) in [6.45, 7) is 0.505. The standard InChI is InChI=1S/C27H22N4O4/c32-26(13-11-20-16-29-31(17-20)21-6-2-1-3-7-21)30-23-9-5-4-8-22(23)27(33)28-15-19-10-12-24-25(14-19)35-18-34-24/h1-14,16-17H,15,18H2,(H,28,33)(H,30,32)/b13-11+. The van der Waals surface area contributed by atoms with E-state index in [1.807, 2.05) is 54.7 Å². The van der Waals surface area contributed by atoms with Gasteiger partial charge in [-0.15, -0.1) is 0 Å². The van der Waals surface area contributed by atoms with E-state index in [1.54, 1.807) is 41.2 Å². The van der Waals surface area contributed by atoms with E-state index in [0.29, 0.717) is 29.3 Å². The first kappa shape index (κ1) is 22.0. The highest BCUT2D eigenvalue weighted by Crippen LogP contribution is 2.32. The van der Waals surface area contributed by atoms with E-state index in [-0.39, 0.29) is 18.6 Å². The van der Waals surface area contributed by atoms with Crippen LogP contribution in [-0.2, 0) is 11.3 Å². The molecule has 2 amide bonds. The van der Waals surface area contributed by atoms with Crippen LogP contribution in [0.4, 0.5) is 5.69 Å². The molecule has 1 aromatic heterocycles. The Morgan fingerprint density at radius 1 is 0.971 bits per heavy atom. The quantitative estimate of drug-likeness (QED) is 0.399. The number of ether oxygens (including phenoxy) is 2. The van der Waals surface area contributed by atoms with Crippen LogP contribution in [0.5, 0.6) is 11.5 Å². The van der Waals surface area contributed by atoms with Gasteiger partial charge in [0.1, 0.15) is 0 Å². The Morgan fingerprint density at radius 2 is 1.77 bits per heavy atom. The minimum Gasteiger partial charge on any atom is -0.454 e. The van der Waals surface area contributed by atoms with Crippen LogP contribution in [0.25, 0.3) is 11.8 Å². The van der Waals surface area contributed by atoms with Crippen molar-refractivity contribution in [2.45, 2.75) is 6.54 Å². The fraction of sp³-hybridized carbons (Fsp3) is 0.0741. The van der Waals surface area contributed by atoms with E-state index < -0.39 is 0 Å². The van der Waals surface area contributed by atoms with Crippen molar-refractivity contribution < 1.29 is 19.1 Å². The van der Waals surface area contributed by atoms with Gasteiger partial charge in [-0.1, -0.05) is 36.4 Å². The lowest BCUT2D eigenvalue weighted by Crippen LogP contribution is -2.24. The Kier molecular flexibility index (Phi) is 6.25. The zero-order valence-corrected chi connectivity index (χ0v) is 18.7. The van der Waals surface area contributed by atoms with Gasteiger partial charge in [0, 0.05) is 24.4 Å². The van der Waals surface area contributed by atoms with E-state index in [0.717, 1.165) is 16.8 Å². The molecule has 35 heavy (non-hydrogen) atoms. The third kappa shape index (κ3) is 5.22. The first-order valence-corrected chi connectivity index (χ1v) is 11.0. The van der Waals surface area contributed by atoms with Crippen molar-refractivity contribution in [2.24, 2.45) is 0 Å². The molecule has 0 unspecified atom stereocenters. The Labute approximate surface area is 201 Å². The Morgan fingerprint density at radius 3 is 2.66 bits per heavy atom. The number of carbonyl (C=O) groups excluding carboxylic acids is 2. The minimum absolute atomic E-state index is 0.196. The molecule has 0 aliphatic carbocycles. The van der Waals surface area contributed by atoms with Gasteiger partial charge in [0.15, 0.2) is 11.5 Å². The number of para-hydroxylation sites is 2. The molecule has 0 spiro atoms. The second kappa shape index (κ2) is 9.96. The van der Waals surface area contributed by atoms with Gasteiger partial charge < -0.3 is 20.1 Å². The van der Waals surface area contributed by atoms with Crippen molar-refractivity contribution in [2.75, 3.05) is 12.1 Å². The van der Waals surface area contributed by atoms with E-state index in [2.05, 4.69) is 15.7 Å². The number of aromatic nitrogens is 2. The molecule has 2 heterocycles. The maximum atomic E-state index is 12.8. The van der Waals surface area contributed by atoms with Crippen molar-refractivity contribution in [1.29, 1.82) is 0 Å². The van der Waals surface area contributed by atoms with Gasteiger partial charge in [-0.2, -0.15) is 5.10 Å². The third-order valence-corrected chi connectivity index (χ3v) is 5.37. The Hall–Kier alpha value is -4.85. The molecule has 0 saturated carbocycles. The first-order valence-electron chi connectivity index (χ1n) is 11.0. The van der Waals surface area contributed by atoms with Crippen LogP contribution in [0.1, 0.15) is 21.5 Å². The SMILES string of the molecule is O=C(/C=C/c1cnn(-c2ccccc2)c1)Nc1ccccc1C(=O)NCc1ccc2c(c1)OCO2. The number of anilines is 1. The monoisotopic (exact) mass is 466 g/mol. The van der Waals surface area contributed by atoms with Crippen LogP contribution >= 0.6 is 0 Å². The highest BCUT2D eigenvalue weighted by Gasteiger charge is 2.15. The number of nitrogens with zero attached hydrogens (tertiary/aromatic N) is 2. The van der Waals surface area contributed by atoms with Crippen molar-refractivity contribution >= 4 is 23.6 Å². The molecule has 0 atom stereocenters. The molecule has 174 valence electrons. The average Bonchev–Trinajstić information content (AvgIpc) is 3.56. The number of benzene rings is 3. The fourth-order valence-corrected chi connectivity index (χ4v) is 3.61. The fourth-order valence-electron chi connectivity index (χ4n) is 3.61. The van der Waals surface area contributed by atoms with Gasteiger partial charge in [0.2, 0.25) is 12.7 Å². The molecule has 4 aromatic rings. The lowest BCUT2D eigenvalue weighted by Gasteiger charge is -2.11. The number of nitrogens with one attached hydrogen (secondary N) is 2. The maximum absolute atomic E-state index is 12.8. The van der Waals surface area contributed by atoms with Crippen LogP contribution in [0.15, 0.2) is 91.3 Å².